The van der Waals surface area contributed by atoms with E-state index in [1.807, 2.05) is 49.4 Å². The van der Waals surface area contributed by atoms with Gasteiger partial charge in [0, 0.05) is 12.1 Å². The third kappa shape index (κ3) is 5.49. The van der Waals surface area contributed by atoms with E-state index in [4.69, 9.17) is 16.3 Å². The van der Waals surface area contributed by atoms with Crippen LogP contribution in [0.5, 0.6) is 5.75 Å². The van der Waals surface area contributed by atoms with E-state index in [-0.39, 0.29) is 12.1 Å². The van der Waals surface area contributed by atoms with Gasteiger partial charge in [-0.15, -0.1) is 0 Å². The molecular weight excluding hydrogens is 312 g/mol. The van der Waals surface area contributed by atoms with Crippen LogP contribution in [0.1, 0.15) is 18.5 Å². The summed E-state index contributed by atoms with van der Waals surface area (Å²) in [5.74, 6) is 0.698. The normalized spacial score (nSPS) is 11.6. The first kappa shape index (κ1) is 17.2. The highest BCUT2D eigenvalue weighted by molar-refractivity contribution is 6.30. The second-order valence-electron chi connectivity index (χ2n) is 5.31. The summed E-state index contributed by atoms with van der Waals surface area (Å²) in [5.41, 5.74) is 1.07. The number of hydrogen-bond donors (Lipinski definition) is 1. The number of carbonyl (C=O) groups excluding carboxylic acids is 1. The van der Waals surface area contributed by atoms with Crippen LogP contribution in [0.25, 0.3) is 0 Å². The van der Waals surface area contributed by atoms with E-state index in [1.54, 1.807) is 24.1 Å². The summed E-state index contributed by atoms with van der Waals surface area (Å²) in [6.45, 7) is 2.85. The van der Waals surface area contributed by atoms with Crippen molar-refractivity contribution < 1.29 is 9.53 Å². The maximum atomic E-state index is 12.2. The number of ether oxygens (including phenoxy) is 1. The lowest BCUT2D eigenvalue weighted by atomic mass is 10.1. The zero-order valence-corrected chi connectivity index (χ0v) is 14.1. The van der Waals surface area contributed by atoms with Crippen LogP contribution in [0.3, 0.4) is 0 Å². The number of likely N-dealkylation sites (N-methyl/N-ethyl adjacent to an activating group) is 1. The second-order valence-corrected chi connectivity index (χ2v) is 5.75. The van der Waals surface area contributed by atoms with Crippen molar-refractivity contribution in [2.75, 3.05) is 20.2 Å². The van der Waals surface area contributed by atoms with Crippen molar-refractivity contribution in [3.05, 3.63) is 65.2 Å². The average Bonchev–Trinajstić information content (AvgIpc) is 2.55. The molecule has 5 heteroatoms. The van der Waals surface area contributed by atoms with Crippen LogP contribution >= 0.6 is 11.6 Å². The molecule has 2 amide bonds. The molecule has 0 bridgehead atoms. The Morgan fingerprint density at radius 1 is 1.22 bits per heavy atom. The Kier molecular flexibility index (Phi) is 6.29. The van der Waals surface area contributed by atoms with Crippen molar-refractivity contribution >= 4 is 17.6 Å². The Bertz CT molecular complexity index is 634. The Hall–Kier alpha value is -2.20. The number of nitrogens with zero attached hydrogens (tertiary/aromatic N) is 1. The average molecular weight is 333 g/mol. The molecule has 0 spiro atoms. The summed E-state index contributed by atoms with van der Waals surface area (Å²) in [4.78, 5) is 13.8. The van der Waals surface area contributed by atoms with Crippen LogP contribution < -0.4 is 10.1 Å². The van der Waals surface area contributed by atoms with E-state index >= 15 is 0 Å². The number of carbonyl (C=O) groups is 1. The molecule has 1 atom stereocenters. The van der Waals surface area contributed by atoms with Crippen molar-refractivity contribution in [1.82, 2.24) is 10.2 Å². The van der Waals surface area contributed by atoms with E-state index in [9.17, 15) is 4.79 Å². The Morgan fingerprint density at radius 3 is 2.65 bits per heavy atom. The van der Waals surface area contributed by atoms with Crippen LogP contribution in [0.2, 0.25) is 5.02 Å². The number of hydrogen-bond acceptors (Lipinski definition) is 2. The smallest absolute Gasteiger partial charge is 0.317 e. The Balaban J connectivity index is 1.76. The number of nitrogens with one attached hydrogen (secondary N) is 1. The van der Waals surface area contributed by atoms with E-state index in [2.05, 4.69) is 5.32 Å². The molecule has 0 radical (unpaired) electrons. The number of amides is 2. The molecule has 4 nitrogen and oxygen atoms in total. The molecule has 0 aliphatic heterocycles. The fourth-order valence-corrected chi connectivity index (χ4v) is 2.26. The number of urea groups is 1. The summed E-state index contributed by atoms with van der Waals surface area (Å²) in [5, 5.41) is 3.59. The molecular formula is C18H21ClN2O2. The molecule has 0 saturated heterocycles. The van der Waals surface area contributed by atoms with Crippen molar-refractivity contribution in [3.8, 4) is 5.75 Å². The van der Waals surface area contributed by atoms with Gasteiger partial charge >= 0.3 is 6.03 Å². The van der Waals surface area contributed by atoms with E-state index in [0.29, 0.717) is 23.9 Å². The summed E-state index contributed by atoms with van der Waals surface area (Å²) in [6, 6.07) is 16.9. The highest BCUT2D eigenvalue weighted by atomic mass is 35.5. The van der Waals surface area contributed by atoms with Gasteiger partial charge in [-0.3, -0.25) is 0 Å². The number of benzene rings is 2. The van der Waals surface area contributed by atoms with E-state index in [1.165, 1.54) is 0 Å². The van der Waals surface area contributed by atoms with Crippen molar-refractivity contribution in [2.24, 2.45) is 0 Å². The second kappa shape index (κ2) is 8.44. The monoisotopic (exact) mass is 332 g/mol. The van der Waals surface area contributed by atoms with Crippen molar-refractivity contribution in [3.63, 3.8) is 0 Å². The molecule has 1 unspecified atom stereocenters. The standard InChI is InChI=1S/C18H21ClN2O2/c1-14(15-7-4-3-5-8-15)20-18(22)21(2)11-12-23-17-10-6-9-16(19)13-17/h3-10,13-14H,11-12H2,1-2H3,(H,20,22). The predicted molar refractivity (Wildman–Crippen MR) is 93.0 cm³/mol. The van der Waals surface area contributed by atoms with Crippen LogP contribution in [0, 0.1) is 0 Å². The SMILES string of the molecule is CC(NC(=O)N(C)CCOc1cccc(Cl)c1)c1ccccc1. The zero-order valence-electron chi connectivity index (χ0n) is 13.3. The molecule has 0 aliphatic carbocycles. The number of halogens is 1. The topological polar surface area (TPSA) is 41.6 Å². The highest BCUT2D eigenvalue weighted by Crippen LogP contribution is 2.17. The highest BCUT2D eigenvalue weighted by Gasteiger charge is 2.13. The lowest BCUT2D eigenvalue weighted by molar-refractivity contribution is 0.192. The minimum absolute atomic E-state index is 0.0417. The predicted octanol–water partition coefficient (Wildman–Crippen LogP) is 4.12. The third-order valence-electron chi connectivity index (χ3n) is 3.48. The Labute approximate surface area is 142 Å². The zero-order chi connectivity index (χ0) is 16.7. The van der Waals surface area contributed by atoms with Crippen molar-refractivity contribution in [2.45, 2.75) is 13.0 Å². The molecule has 0 aliphatic rings. The molecule has 0 fully saturated rings. The summed E-state index contributed by atoms with van der Waals surface area (Å²) in [6.07, 6.45) is 0. The first-order valence-corrected chi connectivity index (χ1v) is 7.89. The summed E-state index contributed by atoms with van der Waals surface area (Å²) < 4.78 is 5.59. The first-order valence-electron chi connectivity index (χ1n) is 7.51. The number of rotatable bonds is 6. The van der Waals surface area contributed by atoms with Crippen LogP contribution in [-0.4, -0.2) is 31.1 Å². The van der Waals surface area contributed by atoms with Gasteiger partial charge in [-0.25, -0.2) is 4.79 Å². The molecule has 0 saturated carbocycles. The van der Waals surface area contributed by atoms with Gasteiger partial charge in [-0.1, -0.05) is 48.0 Å². The van der Waals surface area contributed by atoms with Crippen molar-refractivity contribution in [1.29, 1.82) is 0 Å². The molecule has 122 valence electrons. The lowest BCUT2D eigenvalue weighted by Gasteiger charge is -2.21. The molecule has 2 aromatic rings. The first-order chi connectivity index (χ1) is 11.1. The lowest BCUT2D eigenvalue weighted by Crippen LogP contribution is -2.40. The van der Waals surface area contributed by atoms with Gasteiger partial charge in [0.15, 0.2) is 0 Å². The van der Waals surface area contributed by atoms with Gasteiger partial charge < -0.3 is 15.0 Å². The largest absolute Gasteiger partial charge is 0.492 e. The van der Waals surface area contributed by atoms with Gasteiger partial charge in [0.25, 0.3) is 0 Å². The summed E-state index contributed by atoms with van der Waals surface area (Å²) in [7, 11) is 1.74. The van der Waals surface area contributed by atoms with Gasteiger partial charge in [-0.2, -0.15) is 0 Å². The minimum Gasteiger partial charge on any atom is -0.492 e. The van der Waals surface area contributed by atoms with E-state index in [0.717, 1.165) is 5.56 Å². The molecule has 0 aromatic heterocycles. The maximum Gasteiger partial charge on any atom is 0.317 e. The Morgan fingerprint density at radius 2 is 1.96 bits per heavy atom. The van der Waals surface area contributed by atoms with Gasteiger partial charge in [0.2, 0.25) is 0 Å². The molecule has 2 aromatic carbocycles. The molecule has 0 heterocycles. The van der Waals surface area contributed by atoms with Crippen LogP contribution in [0.15, 0.2) is 54.6 Å². The van der Waals surface area contributed by atoms with Gasteiger partial charge in [0.1, 0.15) is 12.4 Å². The maximum absolute atomic E-state index is 12.2. The van der Waals surface area contributed by atoms with Gasteiger partial charge in [0.05, 0.1) is 12.6 Å². The fourth-order valence-electron chi connectivity index (χ4n) is 2.08. The van der Waals surface area contributed by atoms with Crippen LogP contribution in [-0.2, 0) is 0 Å². The summed E-state index contributed by atoms with van der Waals surface area (Å²) >= 11 is 5.90. The molecule has 23 heavy (non-hydrogen) atoms. The van der Waals surface area contributed by atoms with Gasteiger partial charge in [-0.05, 0) is 30.7 Å². The molecule has 1 N–H and O–H groups in total. The third-order valence-corrected chi connectivity index (χ3v) is 3.71. The fraction of sp³-hybridized carbons (Fsp3) is 0.278. The quantitative estimate of drug-likeness (QED) is 0.864. The minimum atomic E-state index is -0.129. The molecule has 2 rings (SSSR count). The van der Waals surface area contributed by atoms with Crippen LogP contribution in [0.4, 0.5) is 4.79 Å². The van der Waals surface area contributed by atoms with E-state index < -0.39 is 0 Å².